The Morgan fingerprint density at radius 3 is 2.61 bits per heavy atom. The van der Waals surface area contributed by atoms with Crippen LogP contribution in [0.4, 0.5) is 4.39 Å². The summed E-state index contributed by atoms with van der Waals surface area (Å²) < 4.78 is 13.1. The van der Waals surface area contributed by atoms with Crippen molar-refractivity contribution in [1.29, 1.82) is 0 Å². The maximum atomic E-state index is 13.1. The topological polar surface area (TPSA) is 56.4 Å². The lowest BCUT2D eigenvalue weighted by molar-refractivity contribution is 0.0755. The molecule has 2 aliphatic rings. The molecule has 0 radical (unpaired) electrons. The van der Waals surface area contributed by atoms with E-state index in [1.165, 1.54) is 12.1 Å². The Morgan fingerprint density at radius 1 is 1.07 bits per heavy atom. The molecule has 6 heteroatoms. The molecule has 1 aliphatic heterocycles. The van der Waals surface area contributed by atoms with E-state index in [0.29, 0.717) is 25.2 Å². The summed E-state index contributed by atoms with van der Waals surface area (Å²) in [5, 5.41) is 0. The van der Waals surface area contributed by atoms with Gasteiger partial charge >= 0.3 is 0 Å². The molecule has 0 spiro atoms. The number of H-pyrrole nitrogens is 1. The van der Waals surface area contributed by atoms with Gasteiger partial charge in [-0.3, -0.25) is 14.5 Å². The van der Waals surface area contributed by atoms with E-state index in [2.05, 4.69) is 9.88 Å². The smallest absolute Gasteiger partial charge is 0.270 e. The zero-order chi connectivity index (χ0) is 19.7. The molecule has 0 atom stereocenters. The molecule has 1 aromatic heterocycles. The van der Waals surface area contributed by atoms with Gasteiger partial charge in [0.1, 0.15) is 11.5 Å². The van der Waals surface area contributed by atoms with Crippen LogP contribution in [0.2, 0.25) is 0 Å². The summed E-state index contributed by atoms with van der Waals surface area (Å²) in [7, 11) is 0. The summed E-state index contributed by atoms with van der Waals surface area (Å²) in [6.45, 7) is 5.67. The number of aromatic amines is 1. The van der Waals surface area contributed by atoms with E-state index in [4.69, 9.17) is 0 Å². The first-order valence-corrected chi connectivity index (χ1v) is 10.0. The number of Topliss-reactive ketones (excluding diaryl/α,β-unsaturated/α-hetero) is 1. The van der Waals surface area contributed by atoms with Gasteiger partial charge in [-0.25, -0.2) is 4.39 Å². The van der Waals surface area contributed by atoms with E-state index < -0.39 is 0 Å². The van der Waals surface area contributed by atoms with Crippen LogP contribution in [0.5, 0.6) is 0 Å². The summed E-state index contributed by atoms with van der Waals surface area (Å²) in [6.07, 6.45) is 3.15. The van der Waals surface area contributed by atoms with Crippen LogP contribution in [-0.4, -0.2) is 52.7 Å². The largest absolute Gasteiger partial charge is 0.354 e. The lowest BCUT2D eigenvalue weighted by Crippen LogP contribution is -2.35. The molecule has 1 amide bonds. The second kappa shape index (κ2) is 7.87. The number of nitrogens with zero attached hydrogens (tertiary/aromatic N) is 2. The van der Waals surface area contributed by atoms with Gasteiger partial charge in [0.25, 0.3) is 5.91 Å². The van der Waals surface area contributed by atoms with Crippen molar-refractivity contribution in [2.45, 2.75) is 39.2 Å². The molecule has 1 fully saturated rings. The third-order valence-corrected chi connectivity index (χ3v) is 5.85. The Kier molecular flexibility index (Phi) is 5.31. The van der Waals surface area contributed by atoms with Crippen LogP contribution in [0.1, 0.15) is 56.9 Å². The monoisotopic (exact) mass is 383 g/mol. The van der Waals surface area contributed by atoms with Gasteiger partial charge in [-0.1, -0.05) is 12.1 Å². The molecule has 2 heterocycles. The molecule has 2 aromatic rings. The highest BCUT2D eigenvalue weighted by atomic mass is 19.1. The number of ketones is 1. The minimum atomic E-state index is -0.223. The van der Waals surface area contributed by atoms with Crippen molar-refractivity contribution >= 4 is 11.7 Å². The van der Waals surface area contributed by atoms with Gasteiger partial charge in [0.2, 0.25) is 0 Å². The van der Waals surface area contributed by atoms with Gasteiger partial charge in [-0.15, -0.1) is 0 Å². The third kappa shape index (κ3) is 3.74. The molecule has 1 N–H and O–H groups in total. The number of hydrogen-bond acceptors (Lipinski definition) is 3. The molecule has 1 aliphatic carbocycles. The highest BCUT2D eigenvalue weighted by Gasteiger charge is 2.29. The van der Waals surface area contributed by atoms with Crippen molar-refractivity contribution in [3.8, 4) is 0 Å². The SMILES string of the molecule is Cc1c(C(=O)N2CCCN(Cc3ccc(F)cc3)CC2)[nH]c2c1C(=O)CCC2. The maximum Gasteiger partial charge on any atom is 0.270 e. The van der Waals surface area contributed by atoms with Crippen LogP contribution in [0.3, 0.4) is 0 Å². The summed E-state index contributed by atoms with van der Waals surface area (Å²) in [5.41, 5.74) is 4.11. The molecule has 5 nitrogen and oxygen atoms in total. The van der Waals surface area contributed by atoms with E-state index in [1.807, 2.05) is 24.0 Å². The number of aryl methyl sites for hydroxylation is 1. The number of amides is 1. The van der Waals surface area contributed by atoms with Crippen LogP contribution in [-0.2, 0) is 13.0 Å². The number of rotatable bonds is 3. The lowest BCUT2D eigenvalue weighted by atomic mass is 9.94. The van der Waals surface area contributed by atoms with E-state index in [9.17, 15) is 14.0 Å². The van der Waals surface area contributed by atoms with E-state index in [0.717, 1.165) is 61.3 Å². The molecular formula is C22H26FN3O2. The van der Waals surface area contributed by atoms with Gasteiger partial charge in [0.15, 0.2) is 5.78 Å². The highest BCUT2D eigenvalue weighted by molar-refractivity contribution is 6.04. The molecule has 4 rings (SSSR count). The Balaban J connectivity index is 1.44. The summed E-state index contributed by atoms with van der Waals surface area (Å²) in [5.74, 6) is -0.0855. The predicted molar refractivity (Wildman–Crippen MR) is 105 cm³/mol. The zero-order valence-corrected chi connectivity index (χ0v) is 16.3. The Labute approximate surface area is 164 Å². The third-order valence-electron chi connectivity index (χ3n) is 5.85. The fourth-order valence-electron chi connectivity index (χ4n) is 4.33. The van der Waals surface area contributed by atoms with Gasteiger partial charge < -0.3 is 9.88 Å². The second-order valence-corrected chi connectivity index (χ2v) is 7.80. The standard InChI is InChI=1S/C22H26FN3O2/c1-15-20-18(4-2-5-19(20)27)24-21(15)22(28)26-11-3-10-25(12-13-26)14-16-6-8-17(23)9-7-16/h6-9,24H,2-5,10-14H2,1H3. The number of carbonyl (C=O) groups excluding carboxylic acids is 2. The summed E-state index contributed by atoms with van der Waals surface area (Å²) >= 11 is 0. The molecule has 1 aromatic carbocycles. The minimum Gasteiger partial charge on any atom is -0.354 e. The van der Waals surface area contributed by atoms with Crippen molar-refractivity contribution in [2.75, 3.05) is 26.2 Å². The Morgan fingerprint density at radius 2 is 1.86 bits per heavy atom. The lowest BCUT2D eigenvalue weighted by Gasteiger charge is -2.22. The van der Waals surface area contributed by atoms with Gasteiger partial charge in [0.05, 0.1) is 0 Å². The number of nitrogens with one attached hydrogen (secondary N) is 1. The molecule has 1 saturated heterocycles. The first kappa shape index (κ1) is 18.9. The molecular weight excluding hydrogens is 357 g/mol. The van der Waals surface area contributed by atoms with Gasteiger partial charge in [-0.2, -0.15) is 0 Å². The summed E-state index contributed by atoms with van der Waals surface area (Å²) in [6, 6.07) is 6.60. The van der Waals surface area contributed by atoms with Crippen LogP contribution >= 0.6 is 0 Å². The quantitative estimate of drug-likeness (QED) is 0.885. The molecule has 0 bridgehead atoms. The normalized spacial score (nSPS) is 18.1. The molecule has 0 saturated carbocycles. The van der Waals surface area contributed by atoms with E-state index in [-0.39, 0.29) is 17.5 Å². The van der Waals surface area contributed by atoms with Crippen molar-refractivity contribution in [3.63, 3.8) is 0 Å². The van der Waals surface area contributed by atoms with Crippen molar-refractivity contribution < 1.29 is 14.0 Å². The van der Waals surface area contributed by atoms with E-state index in [1.54, 1.807) is 0 Å². The van der Waals surface area contributed by atoms with Crippen molar-refractivity contribution in [3.05, 3.63) is 58.2 Å². The Bertz CT molecular complexity index is 888. The van der Waals surface area contributed by atoms with Crippen LogP contribution < -0.4 is 0 Å². The Hall–Kier alpha value is -2.47. The fraction of sp³-hybridized carbons (Fsp3) is 0.455. The average molecular weight is 383 g/mol. The zero-order valence-electron chi connectivity index (χ0n) is 16.3. The number of carbonyl (C=O) groups is 2. The first-order valence-electron chi connectivity index (χ1n) is 10.0. The number of aromatic nitrogens is 1. The van der Waals surface area contributed by atoms with Gasteiger partial charge in [0, 0.05) is 50.4 Å². The first-order chi connectivity index (χ1) is 13.5. The fourth-order valence-corrected chi connectivity index (χ4v) is 4.33. The number of halogens is 1. The number of fused-ring (bicyclic) bond motifs is 1. The van der Waals surface area contributed by atoms with Crippen LogP contribution in [0.25, 0.3) is 0 Å². The molecule has 0 unspecified atom stereocenters. The van der Waals surface area contributed by atoms with Crippen LogP contribution in [0.15, 0.2) is 24.3 Å². The number of hydrogen-bond donors (Lipinski definition) is 1. The van der Waals surface area contributed by atoms with Crippen molar-refractivity contribution in [2.24, 2.45) is 0 Å². The van der Waals surface area contributed by atoms with Gasteiger partial charge in [-0.05, 0) is 49.4 Å². The predicted octanol–water partition coefficient (Wildman–Crippen LogP) is 3.33. The van der Waals surface area contributed by atoms with E-state index >= 15 is 0 Å². The van der Waals surface area contributed by atoms with Crippen molar-refractivity contribution in [1.82, 2.24) is 14.8 Å². The summed E-state index contributed by atoms with van der Waals surface area (Å²) in [4.78, 5) is 32.8. The molecule has 28 heavy (non-hydrogen) atoms. The maximum absolute atomic E-state index is 13.1. The molecule has 148 valence electrons. The second-order valence-electron chi connectivity index (χ2n) is 7.80. The minimum absolute atomic E-state index is 0.0108. The van der Waals surface area contributed by atoms with Crippen LogP contribution in [0, 0.1) is 12.7 Å². The highest BCUT2D eigenvalue weighted by Crippen LogP contribution is 2.27. The number of benzene rings is 1. The average Bonchev–Trinajstić information content (AvgIpc) is 2.86.